The molecule has 0 aromatic carbocycles. The van der Waals surface area contributed by atoms with Gasteiger partial charge in [-0.25, -0.2) is 0 Å². The zero-order valence-electron chi connectivity index (χ0n) is 4.03. The molecule has 0 aromatic rings. The fourth-order valence-electron chi connectivity index (χ4n) is 0. The second-order valence-corrected chi connectivity index (χ2v) is 5.72. The molecule has 0 aromatic heterocycles. The van der Waals surface area contributed by atoms with Crippen molar-refractivity contribution < 1.29 is 0 Å². The maximum absolute atomic E-state index is 4.24. The lowest BCUT2D eigenvalue weighted by atomic mass is 10.4. The molecule has 0 spiro atoms. The van der Waals surface area contributed by atoms with Gasteiger partial charge in [-0.2, -0.15) is 12.6 Å². The lowest BCUT2D eigenvalue weighted by Gasteiger charge is -2.08. The SMILES string of the molecule is CCC(C)(S)I. The molecule has 0 radical (unpaired) electrons. The van der Waals surface area contributed by atoms with Crippen molar-refractivity contribution >= 4 is 35.2 Å². The average molecular weight is 216 g/mol. The van der Waals surface area contributed by atoms with Gasteiger partial charge in [-0.3, -0.25) is 0 Å². The van der Waals surface area contributed by atoms with E-state index >= 15 is 0 Å². The Kier molecular flexibility index (Phi) is 2.84. The van der Waals surface area contributed by atoms with E-state index in [-0.39, 0.29) is 2.75 Å². The standard InChI is InChI=1S/C4H9IS/c1-3-4(2,5)6/h6H,3H2,1-2H3. The van der Waals surface area contributed by atoms with Crippen LogP contribution in [-0.4, -0.2) is 2.75 Å². The molecule has 2 heteroatoms. The van der Waals surface area contributed by atoms with E-state index in [2.05, 4.69) is 49.1 Å². The van der Waals surface area contributed by atoms with Gasteiger partial charge in [0, 0.05) is 0 Å². The van der Waals surface area contributed by atoms with Gasteiger partial charge in [-0.1, -0.05) is 29.5 Å². The van der Waals surface area contributed by atoms with Crippen molar-refractivity contribution in [3.05, 3.63) is 0 Å². The first-order valence-electron chi connectivity index (χ1n) is 1.97. The van der Waals surface area contributed by atoms with Gasteiger partial charge in [0.1, 0.15) is 0 Å². The van der Waals surface area contributed by atoms with Gasteiger partial charge in [0.05, 0.1) is 2.75 Å². The van der Waals surface area contributed by atoms with Crippen LogP contribution in [0, 0.1) is 0 Å². The van der Waals surface area contributed by atoms with E-state index < -0.39 is 0 Å². The maximum Gasteiger partial charge on any atom is 0.0612 e. The highest BCUT2D eigenvalue weighted by molar-refractivity contribution is 14.1. The minimum absolute atomic E-state index is 0.206. The topological polar surface area (TPSA) is 0 Å². The maximum atomic E-state index is 4.24. The molecule has 0 aliphatic rings. The van der Waals surface area contributed by atoms with Crippen LogP contribution in [0.1, 0.15) is 20.3 Å². The van der Waals surface area contributed by atoms with Crippen molar-refractivity contribution in [2.24, 2.45) is 0 Å². The molecule has 0 fully saturated rings. The van der Waals surface area contributed by atoms with Crippen LogP contribution in [0.5, 0.6) is 0 Å². The number of hydrogen-bond acceptors (Lipinski definition) is 1. The molecule has 0 rings (SSSR count). The van der Waals surface area contributed by atoms with Crippen molar-refractivity contribution in [1.82, 2.24) is 0 Å². The first-order chi connectivity index (χ1) is 2.56. The van der Waals surface area contributed by atoms with Crippen LogP contribution in [0.25, 0.3) is 0 Å². The van der Waals surface area contributed by atoms with Crippen LogP contribution in [0.4, 0.5) is 0 Å². The number of rotatable bonds is 1. The Morgan fingerprint density at radius 1 is 1.83 bits per heavy atom. The first-order valence-corrected chi connectivity index (χ1v) is 3.50. The van der Waals surface area contributed by atoms with Crippen LogP contribution in [0.15, 0.2) is 0 Å². The van der Waals surface area contributed by atoms with Gasteiger partial charge in [-0.05, 0) is 13.3 Å². The Morgan fingerprint density at radius 3 is 2.00 bits per heavy atom. The number of alkyl halides is 1. The first kappa shape index (κ1) is 7.08. The largest absolute Gasteiger partial charge is 0.162 e. The van der Waals surface area contributed by atoms with Crippen molar-refractivity contribution in [2.75, 3.05) is 0 Å². The predicted octanol–water partition coefficient (Wildman–Crippen LogP) is 2.48. The third-order valence-corrected chi connectivity index (χ3v) is 1.72. The van der Waals surface area contributed by atoms with E-state index in [9.17, 15) is 0 Å². The summed E-state index contributed by atoms with van der Waals surface area (Å²) in [5.41, 5.74) is 0. The van der Waals surface area contributed by atoms with E-state index in [1.165, 1.54) is 0 Å². The van der Waals surface area contributed by atoms with E-state index in [0.29, 0.717) is 0 Å². The second-order valence-electron chi connectivity index (χ2n) is 1.50. The molecule has 0 saturated heterocycles. The number of thiol groups is 1. The fraction of sp³-hybridized carbons (Fsp3) is 1.00. The van der Waals surface area contributed by atoms with Crippen molar-refractivity contribution in [1.29, 1.82) is 0 Å². The average Bonchev–Trinajstić information content (AvgIpc) is 1.35. The highest BCUT2D eigenvalue weighted by Crippen LogP contribution is 2.25. The predicted molar refractivity (Wildman–Crippen MR) is 41.7 cm³/mol. The minimum atomic E-state index is 0.206. The molecule has 0 aliphatic heterocycles. The van der Waals surface area contributed by atoms with Gasteiger partial charge >= 0.3 is 0 Å². The molecule has 0 saturated carbocycles. The highest BCUT2D eigenvalue weighted by atomic mass is 127. The van der Waals surface area contributed by atoms with E-state index in [1.54, 1.807) is 0 Å². The summed E-state index contributed by atoms with van der Waals surface area (Å²) >= 11 is 6.55. The highest BCUT2D eigenvalue weighted by Gasteiger charge is 2.07. The normalized spacial score (nSPS) is 20.0. The van der Waals surface area contributed by atoms with E-state index in [4.69, 9.17) is 0 Å². The summed E-state index contributed by atoms with van der Waals surface area (Å²) in [4.78, 5) is 0. The summed E-state index contributed by atoms with van der Waals surface area (Å²) in [6.07, 6.45) is 1.12. The Bertz CT molecular complexity index is 37.3. The van der Waals surface area contributed by atoms with Crippen LogP contribution >= 0.6 is 35.2 Å². The zero-order valence-corrected chi connectivity index (χ0v) is 7.08. The molecular formula is C4H9IS. The van der Waals surface area contributed by atoms with Crippen LogP contribution in [0.3, 0.4) is 0 Å². The molecule has 0 heterocycles. The molecule has 1 atom stereocenters. The molecule has 0 nitrogen and oxygen atoms in total. The molecule has 38 valence electrons. The third-order valence-electron chi connectivity index (χ3n) is 0.645. The number of hydrogen-bond donors (Lipinski definition) is 1. The van der Waals surface area contributed by atoms with E-state index in [0.717, 1.165) is 6.42 Å². The lowest BCUT2D eigenvalue weighted by Crippen LogP contribution is -1.99. The van der Waals surface area contributed by atoms with Gasteiger partial charge in [0.2, 0.25) is 0 Å². The summed E-state index contributed by atoms with van der Waals surface area (Å²) in [6.45, 7) is 4.22. The summed E-state index contributed by atoms with van der Waals surface area (Å²) in [5, 5.41) is 0. The van der Waals surface area contributed by atoms with Crippen molar-refractivity contribution in [2.45, 2.75) is 23.0 Å². The summed E-state index contributed by atoms with van der Waals surface area (Å²) < 4.78 is 0.206. The molecule has 0 aliphatic carbocycles. The summed E-state index contributed by atoms with van der Waals surface area (Å²) in [6, 6.07) is 0. The summed E-state index contributed by atoms with van der Waals surface area (Å²) in [5.74, 6) is 0. The molecule has 0 N–H and O–H groups in total. The monoisotopic (exact) mass is 216 g/mol. The molecular weight excluding hydrogens is 207 g/mol. The van der Waals surface area contributed by atoms with Crippen molar-refractivity contribution in [3.63, 3.8) is 0 Å². The Labute approximate surface area is 58.3 Å². The van der Waals surface area contributed by atoms with Crippen LogP contribution in [0.2, 0.25) is 0 Å². The smallest absolute Gasteiger partial charge is 0.0612 e. The third kappa shape index (κ3) is 5.08. The Balaban J connectivity index is 3.17. The van der Waals surface area contributed by atoms with Crippen LogP contribution < -0.4 is 0 Å². The Hall–Kier alpha value is 1.08. The van der Waals surface area contributed by atoms with Gasteiger partial charge in [0.25, 0.3) is 0 Å². The number of halogens is 1. The molecule has 1 unspecified atom stereocenters. The molecule has 0 amide bonds. The zero-order chi connectivity index (χ0) is 5.21. The van der Waals surface area contributed by atoms with Gasteiger partial charge in [0.15, 0.2) is 0 Å². The quantitative estimate of drug-likeness (QED) is 0.388. The molecule has 0 bridgehead atoms. The van der Waals surface area contributed by atoms with Gasteiger partial charge < -0.3 is 0 Å². The van der Waals surface area contributed by atoms with E-state index in [1.807, 2.05) is 0 Å². The summed E-state index contributed by atoms with van der Waals surface area (Å²) in [7, 11) is 0. The lowest BCUT2D eigenvalue weighted by molar-refractivity contribution is 0.887. The van der Waals surface area contributed by atoms with Gasteiger partial charge in [-0.15, -0.1) is 0 Å². The van der Waals surface area contributed by atoms with Crippen LogP contribution in [-0.2, 0) is 0 Å². The second kappa shape index (κ2) is 2.40. The Morgan fingerprint density at radius 2 is 2.00 bits per heavy atom. The molecule has 6 heavy (non-hydrogen) atoms. The fourth-order valence-corrected chi connectivity index (χ4v) is 0. The van der Waals surface area contributed by atoms with Crippen molar-refractivity contribution in [3.8, 4) is 0 Å². The minimum Gasteiger partial charge on any atom is -0.162 e.